The molecule has 37 heavy (non-hydrogen) atoms. The Bertz CT molecular complexity index is 1380. The lowest BCUT2D eigenvalue weighted by molar-refractivity contribution is -0.129. The van der Waals surface area contributed by atoms with Crippen molar-refractivity contribution in [2.45, 2.75) is 45.1 Å². The van der Waals surface area contributed by atoms with E-state index in [0.717, 1.165) is 44.6 Å². The van der Waals surface area contributed by atoms with Crippen LogP contribution in [0.25, 0.3) is 11.1 Å². The average molecular weight is 507 g/mol. The molecule has 5 heterocycles. The normalized spacial score (nSPS) is 20.3. The van der Waals surface area contributed by atoms with E-state index in [-0.39, 0.29) is 11.3 Å². The first kappa shape index (κ1) is 23.4. The summed E-state index contributed by atoms with van der Waals surface area (Å²) in [6, 6.07) is 7.28. The molecule has 11 heteroatoms. The summed E-state index contributed by atoms with van der Waals surface area (Å²) in [5, 5.41) is 15.6. The third kappa shape index (κ3) is 4.28. The number of piperidine rings is 2. The van der Waals surface area contributed by atoms with Gasteiger partial charge in [-0.1, -0.05) is 0 Å². The van der Waals surface area contributed by atoms with Gasteiger partial charge < -0.3 is 34.7 Å². The van der Waals surface area contributed by atoms with Crippen molar-refractivity contribution in [3.8, 4) is 5.75 Å². The van der Waals surface area contributed by atoms with Crippen molar-refractivity contribution in [1.29, 1.82) is 0 Å². The van der Waals surface area contributed by atoms with E-state index in [0.29, 0.717) is 47.3 Å². The summed E-state index contributed by atoms with van der Waals surface area (Å²) < 4.78 is 11.6. The van der Waals surface area contributed by atoms with E-state index >= 15 is 0 Å². The molecule has 0 unspecified atom stereocenters. The second kappa shape index (κ2) is 8.53. The number of hydrogen-bond acceptors (Lipinski definition) is 8. The maximum Gasteiger partial charge on any atom is 0.407 e. The van der Waals surface area contributed by atoms with Gasteiger partial charge in [0.1, 0.15) is 11.3 Å². The van der Waals surface area contributed by atoms with Gasteiger partial charge in [-0.15, -0.1) is 0 Å². The fourth-order valence-electron chi connectivity index (χ4n) is 5.61. The Morgan fingerprint density at radius 1 is 1.14 bits per heavy atom. The number of furan rings is 1. The molecular weight excluding hydrogens is 476 g/mol. The predicted octanol–water partition coefficient (Wildman–Crippen LogP) is 4.44. The third-order valence-corrected chi connectivity index (χ3v) is 7.74. The SMILES string of the molecule is CC1(C)Oc2ccc(Nc3nc(N4CCC5(CCCN(C(=O)O)C5)CC4)c4occc4n3)cc2NC1=O. The van der Waals surface area contributed by atoms with E-state index in [1.165, 1.54) is 0 Å². The smallest absolute Gasteiger partial charge is 0.407 e. The van der Waals surface area contributed by atoms with Crippen molar-refractivity contribution in [3.05, 3.63) is 30.5 Å². The molecule has 6 rings (SSSR count). The maximum absolute atomic E-state index is 12.3. The van der Waals surface area contributed by atoms with Crippen LogP contribution in [0.2, 0.25) is 0 Å². The van der Waals surface area contributed by atoms with Crippen molar-refractivity contribution >= 4 is 46.2 Å². The Hall–Kier alpha value is -4.02. The highest BCUT2D eigenvalue weighted by atomic mass is 16.5. The largest absolute Gasteiger partial charge is 0.476 e. The fourth-order valence-corrected chi connectivity index (χ4v) is 5.61. The number of benzene rings is 1. The van der Waals surface area contributed by atoms with Gasteiger partial charge in [0.15, 0.2) is 17.0 Å². The summed E-state index contributed by atoms with van der Waals surface area (Å²) in [4.78, 5) is 37.0. The number of carbonyl (C=O) groups excluding carboxylic acids is 1. The van der Waals surface area contributed by atoms with Gasteiger partial charge in [-0.3, -0.25) is 4.79 Å². The number of nitrogens with one attached hydrogen (secondary N) is 2. The van der Waals surface area contributed by atoms with Crippen LogP contribution in [0, 0.1) is 5.41 Å². The number of fused-ring (bicyclic) bond motifs is 2. The van der Waals surface area contributed by atoms with Crippen LogP contribution in [0.4, 0.5) is 27.9 Å². The van der Waals surface area contributed by atoms with Gasteiger partial charge in [-0.2, -0.15) is 4.98 Å². The molecule has 3 aliphatic rings. The molecule has 3 aliphatic heterocycles. The number of hydrogen-bond donors (Lipinski definition) is 3. The van der Waals surface area contributed by atoms with Crippen molar-refractivity contribution in [1.82, 2.24) is 14.9 Å². The highest BCUT2D eigenvalue weighted by Crippen LogP contribution is 2.42. The fraction of sp³-hybridized carbons (Fsp3) is 0.462. The molecule has 1 aromatic carbocycles. The van der Waals surface area contributed by atoms with Crippen molar-refractivity contribution in [2.75, 3.05) is 41.7 Å². The molecule has 2 aromatic heterocycles. The monoisotopic (exact) mass is 506 g/mol. The number of likely N-dealkylation sites (tertiary alicyclic amines) is 1. The minimum Gasteiger partial charge on any atom is -0.476 e. The Morgan fingerprint density at radius 2 is 1.95 bits per heavy atom. The molecule has 0 bridgehead atoms. The highest BCUT2D eigenvalue weighted by Gasteiger charge is 2.40. The highest BCUT2D eigenvalue weighted by molar-refractivity contribution is 6.00. The summed E-state index contributed by atoms with van der Waals surface area (Å²) in [7, 11) is 0. The second-order valence-electron chi connectivity index (χ2n) is 10.7. The Labute approximate surface area is 213 Å². The summed E-state index contributed by atoms with van der Waals surface area (Å²) in [5.41, 5.74) is 1.72. The lowest BCUT2D eigenvalue weighted by Crippen LogP contribution is -2.51. The van der Waals surface area contributed by atoms with Crippen LogP contribution in [-0.4, -0.2) is 63.8 Å². The van der Waals surface area contributed by atoms with Crippen molar-refractivity contribution in [2.24, 2.45) is 5.41 Å². The maximum atomic E-state index is 12.3. The molecule has 3 aromatic rings. The van der Waals surface area contributed by atoms with Crippen LogP contribution in [0.15, 0.2) is 34.9 Å². The molecule has 2 amide bonds. The molecule has 0 radical (unpaired) electrons. The summed E-state index contributed by atoms with van der Waals surface area (Å²) in [6.45, 7) is 6.19. The zero-order chi connectivity index (χ0) is 25.8. The van der Waals surface area contributed by atoms with Gasteiger partial charge in [0.05, 0.1) is 12.0 Å². The number of carbonyl (C=O) groups is 2. The molecule has 0 saturated carbocycles. The number of aromatic nitrogens is 2. The topological polar surface area (TPSA) is 133 Å². The lowest BCUT2D eigenvalue weighted by atomic mass is 9.72. The lowest BCUT2D eigenvalue weighted by Gasteiger charge is -2.47. The number of rotatable bonds is 3. The summed E-state index contributed by atoms with van der Waals surface area (Å²) >= 11 is 0. The zero-order valence-corrected chi connectivity index (χ0v) is 20.9. The molecule has 3 N–H and O–H groups in total. The summed E-state index contributed by atoms with van der Waals surface area (Å²) in [5.74, 6) is 1.54. The van der Waals surface area contributed by atoms with Crippen molar-refractivity contribution in [3.63, 3.8) is 0 Å². The van der Waals surface area contributed by atoms with Gasteiger partial charge >= 0.3 is 6.09 Å². The minimum absolute atomic E-state index is 0.0216. The van der Waals surface area contributed by atoms with E-state index in [2.05, 4.69) is 20.5 Å². The van der Waals surface area contributed by atoms with E-state index in [4.69, 9.17) is 14.1 Å². The molecular formula is C26H30N6O5. The van der Waals surface area contributed by atoms with E-state index in [9.17, 15) is 14.7 Å². The van der Waals surface area contributed by atoms with Crippen LogP contribution in [0.3, 0.4) is 0 Å². The molecule has 194 valence electrons. The standard InChI is InChI=1S/C26H30N6O5/c1-25(2)22(33)28-18-14-16(4-5-19(18)37-25)27-23-29-17-6-13-36-20(17)21(30-23)31-11-8-26(9-12-31)7-3-10-32(15-26)24(34)35/h4-6,13-14H,3,7-12,15H2,1-2H3,(H,28,33)(H,34,35)(H,27,29,30). The van der Waals surface area contributed by atoms with Crippen LogP contribution in [0.1, 0.15) is 39.5 Å². The van der Waals surface area contributed by atoms with Gasteiger partial charge in [-0.05, 0) is 63.1 Å². The first-order valence-corrected chi connectivity index (χ1v) is 12.6. The number of ether oxygens (including phenoxy) is 1. The second-order valence-corrected chi connectivity index (χ2v) is 10.7. The van der Waals surface area contributed by atoms with E-state index in [1.54, 1.807) is 31.1 Å². The first-order chi connectivity index (χ1) is 17.7. The minimum atomic E-state index is -0.928. The molecule has 1 spiro atoms. The van der Waals surface area contributed by atoms with E-state index in [1.807, 2.05) is 18.2 Å². The zero-order valence-electron chi connectivity index (χ0n) is 20.9. The number of nitrogens with zero attached hydrogens (tertiary/aromatic N) is 4. The van der Waals surface area contributed by atoms with E-state index < -0.39 is 11.7 Å². The predicted molar refractivity (Wildman–Crippen MR) is 138 cm³/mol. The first-order valence-electron chi connectivity index (χ1n) is 12.6. The third-order valence-electron chi connectivity index (χ3n) is 7.74. The Kier molecular flexibility index (Phi) is 5.39. The molecule has 2 saturated heterocycles. The molecule has 11 nitrogen and oxygen atoms in total. The number of carboxylic acid groups (broad SMARTS) is 1. The Balaban J connectivity index is 1.23. The van der Waals surface area contributed by atoms with Crippen LogP contribution >= 0.6 is 0 Å². The van der Waals surface area contributed by atoms with Crippen molar-refractivity contribution < 1.29 is 23.8 Å². The van der Waals surface area contributed by atoms with Gasteiger partial charge in [0.25, 0.3) is 5.91 Å². The number of amides is 2. The average Bonchev–Trinajstić information content (AvgIpc) is 3.34. The molecule has 2 fully saturated rings. The van der Waals surface area contributed by atoms with Crippen LogP contribution in [-0.2, 0) is 4.79 Å². The summed E-state index contributed by atoms with van der Waals surface area (Å²) in [6.07, 6.45) is 4.52. The number of anilines is 4. The van der Waals surface area contributed by atoms with Crippen LogP contribution in [0.5, 0.6) is 5.75 Å². The van der Waals surface area contributed by atoms with Gasteiger partial charge in [0.2, 0.25) is 5.95 Å². The van der Waals surface area contributed by atoms with Crippen LogP contribution < -0.4 is 20.3 Å². The molecule has 0 atom stereocenters. The quantitative estimate of drug-likeness (QED) is 0.471. The molecule has 0 aliphatic carbocycles. The van der Waals surface area contributed by atoms with Gasteiger partial charge in [-0.25, -0.2) is 9.78 Å². The van der Waals surface area contributed by atoms with Gasteiger partial charge in [0, 0.05) is 37.9 Å². The Morgan fingerprint density at radius 3 is 2.73 bits per heavy atom.